The fourth-order valence-electron chi connectivity index (χ4n) is 2.26. The van der Waals surface area contributed by atoms with Gasteiger partial charge in [0.1, 0.15) is 17.3 Å². The molecule has 0 unspecified atom stereocenters. The number of nitrogens with one attached hydrogen (secondary N) is 1. The van der Waals surface area contributed by atoms with Crippen molar-refractivity contribution in [2.45, 2.75) is 18.9 Å². The maximum atomic E-state index is 13.3. The molecule has 0 saturated heterocycles. The van der Waals surface area contributed by atoms with Crippen LogP contribution in [0.15, 0.2) is 30.3 Å². The predicted octanol–water partition coefficient (Wildman–Crippen LogP) is 4.91. The van der Waals surface area contributed by atoms with Crippen LogP contribution in [0.1, 0.15) is 22.3 Å². The van der Waals surface area contributed by atoms with Crippen molar-refractivity contribution >= 4 is 17.4 Å². The van der Waals surface area contributed by atoms with Gasteiger partial charge in [0.25, 0.3) is 0 Å². The van der Waals surface area contributed by atoms with Gasteiger partial charge in [-0.2, -0.15) is 26.3 Å². The quantitative estimate of drug-likeness (QED) is 0.379. The first kappa shape index (κ1) is 20.8. The van der Waals surface area contributed by atoms with E-state index >= 15 is 0 Å². The lowest BCUT2D eigenvalue weighted by molar-refractivity contribution is -0.139. The Hall–Kier alpha value is -2.46. The summed E-state index contributed by atoms with van der Waals surface area (Å²) in [6.45, 7) is -0.266. The van der Waals surface area contributed by atoms with Gasteiger partial charge in [-0.05, 0) is 35.9 Å². The van der Waals surface area contributed by atoms with E-state index in [-0.39, 0.29) is 17.7 Å². The Balaban J connectivity index is 2.60. The van der Waals surface area contributed by atoms with Crippen molar-refractivity contribution in [3.05, 3.63) is 57.6 Å². The molecular formula is C16H12ClF6N3O. The first-order chi connectivity index (χ1) is 12.3. The molecule has 0 amide bonds. The minimum absolute atomic E-state index is 0.0653. The van der Waals surface area contributed by atoms with E-state index in [9.17, 15) is 26.3 Å². The Morgan fingerprint density at radius 2 is 1.59 bits per heavy atom. The molecule has 0 radical (unpaired) electrons. The molecule has 0 heterocycles. The molecule has 2 aromatic rings. The summed E-state index contributed by atoms with van der Waals surface area (Å²) in [5.41, 5.74) is 7.98. The van der Waals surface area contributed by atoms with Gasteiger partial charge in [-0.1, -0.05) is 11.6 Å². The zero-order chi connectivity index (χ0) is 20.6. The van der Waals surface area contributed by atoms with Crippen LogP contribution in [0.5, 0.6) is 11.5 Å². The maximum absolute atomic E-state index is 13.3. The monoisotopic (exact) mass is 411 g/mol. The molecule has 5 N–H and O–H groups in total. The normalized spacial score (nSPS) is 12.1. The van der Waals surface area contributed by atoms with Crippen molar-refractivity contribution in [2.75, 3.05) is 0 Å². The summed E-state index contributed by atoms with van der Waals surface area (Å²) in [5, 5.41) is 6.74. The molecule has 0 spiro atoms. The summed E-state index contributed by atoms with van der Waals surface area (Å²) in [6.07, 6.45) is -9.73. The molecule has 0 aliphatic heterocycles. The van der Waals surface area contributed by atoms with E-state index in [1.54, 1.807) is 0 Å². The van der Waals surface area contributed by atoms with E-state index in [1.165, 1.54) is 0 Å². The van der Waals surface area contributed by atoms with E-state index in [1.807, 2.05) is 0 Å². The van der Waals surface area contributed by atoms with Crippen molar-refractivity contribution in [2.24, 2.45) is 11.5 Å². The highest BCUT2D eigenvalue weighted by Gasteiger charge is 2.37. The number of alkyl halides is 6. The Morgan fingerprint density at radius 1 is 1.00 bits per heavy atom. The predicted molar refractivity (Wildman–Crippen MR) is 86.9 cm³/mol. The SMILES string of the molecule is N=C(N)c1cc(C(F)(F)F)c(Oc2ccc(Cl)c(C(F)(F)F)c2)cc1CN. The van der Waals surface area contributed by atoms with Crippen LogP contribution < -0.4 is 16.2 Å². The second-order valence-electron chi connectivity index (χ2n) is 5.36. The smallest absolute Gasteiger partial charge is 0.420 e. The van der Waals surface area contributed by atoms with Gasteiger partial charge in [0, 0.05) is 12.1 Å². The van der Waals surface area contributed by atoms with Crippen LogP contribution in [-0.2, 0) is 18.9 Å². The van der Waals surface area contributed by atoms with Gasteiger partial charge in [0.05, 0.1) is 16.1 Å². The Bertz CT molecular complexity index is 880. The summed E-state index contributed by atoms with van der Waals surface area (Å²) in [6, 6.07) is 3.81. The number of ether oxygens (including phenoxy) is 1. The summed E-state index contributed by atoms with van der Waals surface area (Å²) in [5.74, 6) is -1.92. The molecular weight excluding hydrogens is 400 g/mol. The zero-order valence-corrected chi connectivity index (χ0v) is 14.1. The van der Waals surface area contributed by atoms with Gasteiger partial charge >= 0.3 is 12.4 Å². The molecule has 4 nitrogen and oxygen atoms in total. The van der Waals surface area contributed by atoms with Crippen LogP contribution in [0.2, 0.25) is 5.02 Å². The molecule has 0 fully saturated rings. The van der Waals surface area contributed by atoms with Crippen molar-refractivity contribution in [1.29, 1.82) is 5.41 Å². The van der Waals surface area contributed by atoms with Crippen molar-refractivity contribution in [3.8, 4) is 11.5 Å². The van der Waals surface area contributed by atoms with E-state index in [0.717, 1.165) is 18.2 Å². The molecule has 2 aromatic carbocycles. The van der Waals surface area contributed by atoms with Gasteiger partial charge < -0.3 is 16.2 Å². The van der Waals surface area contributed by atoms with Crippen LogP contribution >= 0.6 is 11.6 Å². The molecule has 27 heavy (non-hydrogen) atoms. The lowest BCUT2D eigenvalue weighted by Crippen LogP contribution is -2.18. The third-order valence-electron chi connectivity index (χ3n) is 3.49. The molecule has 0 aliphatic rings. The lowest BCUT2D eigenvalue weighted by Gasteiger charge is -2.18. The second-order valence-corrected chi connectivity index (χ2v) is 5.77. The standard InChI is InChI=1S/C16H12ClF6N3O/c17-12-2-1-8(4-10(12)15(18,19)20)27-13-3-7(6-24)9(14(25)26)5-11(13)16(21,22)23/h1-5H,6,24H2,(H3,25,26). The Labute approximate surface area is 154 Å². The molecule has 0 aliphatic carbocycles. The molecule has 0 aromatic heterocycles. The average molecular weight is 412 g/mol. The first-order valence-corrected chi connectivity index (χ1v) is 7.55. The second kappa shape index (κ2) is 7.28. The largest absolute Gasteiger partial charge is 0.457 e. The zero-order valence-electron chi connectivity index (χ0n) is 13.3. The topological polar surface area (TPSA) is 85.1 Å². The molecule has 0 saturated carbocycles. The van der Waals surface area contributed by atoms with Crippen molar-refractivity contribution in [3.63, 3.8) is 0 Å². The summed E-state index contributed by atoms with van der Waals surface area (Å²) >= 11 is 5.48. The number of nitrogens with two attached hydrogens (primary N) is 2. The highest BCUT2D eigenvalue weighted by atomic mass is 35.5. The van der Waals surface area contributed by atoms with Gasteiger partial charge in [0.2, 0.25) is 0 Å². The van der Waals surface area contributed by atoms with Crippen LogP contribution in [0.25, 0.3) is 0 Å². The maximum Gasteiger partial charge on any atom is 0.420 e. The minimum atomic E-state index is -4.91. The van der Waals surface area contributed by atoms with Gasteiger partial charge in [0.15, 0.2) is 0 Å². The molecule has 2 rings (SSSR count). The van der Waals surface area contributed by atoms with E-state index in [4.69, 9.17) is 33.2 Å². The summed E-state index contributed by atoms with van der Waals surface area (Å²) in [7, 11) is 0. The number of nitrogen functional groups attached to an aromatic ring is 1. The minimum Gasteiger partial charge on any atom is -0.457 e. The summed E-state index contributed by atoms with van der Waals surface area (Å²) < 4.78 is 83.8. The fraction of sp³-hybridized carbons (Fsp3) is 0.188. The van der Waals surface area contributed by atoms with Crippen LogP contribution in [-0.4, -0.2) is 5.84 Å². The highest BCUT2D eigenvalue weighted by molar-refractivity contribution is 6.31. The molecule has 0 atom stereocenters. The summed E-state index contributed by atoms with van der Waals surface area (Å²) in [4.78, 5) is 0. The van der Waals surface area contributed by atoms with E-state index in [2.05, 4.69) is 0 Å². The molecule has 11 heteroatoms. The van der Waals surface area contributed by atoms with Crippen molar-refractivity contribution in [1.82, 2.24) is 0 Å². The van der Waals surface area contributed by atoms with Gasteiger partial charge in [-0.25, -0.2) is 0 Å². The van der Waals surface area contributed by atoms with Gasteiger partial charge in [-0.15, -0.1) is 0 Å². The van der Waals surface area contributed by atoms with Gasteiger partial charge in [-0.3, -0.25) is 5.41 Å². The van der Waals surface area contributed by atoms with Crippen LogP contribution in [0.3, 0.4) is 0 Å². The van der Waals surface area contributed by atoms with E-state index < -0.39 is 45.8 Å². The highest BCUT2D eigenvalue weighted by Crippen LogP contribution is 2.42. The third-order valence-corrected chi connectivity index (χ3v) is 3.82. The number of hydrogen-bond acceptors (Lipinski definition) is 3. The van der Waals surface area contributed by atoms with Crippen molar-refractivity contribution < 1.29 is 31.1 Å². The lowest BCUT2D eigenvalue weighted by atomic mass is 10.0. The first-order valence-electron chi connectivity index (χ1n) is 7.17. The number of benzene rings is 2. The Kier molecular flexibility index (Phi) is 5.62. The molecule has 0 bridgehead atoms. The average Bonchev–Trinajstić information content (AvgIpc) is 2.53. The Morgan fingerprint density at radius 3 is 2.07 bits per heavy atom. The van der Waals surface area contributed by atoms with Crippen LogP contribution in [0, 0.1) is 5.41 Å². The van der Waals surface area contributed by atoms with Crippen LogP contribution in [0.4, 0.5) is 26.3 Å². The fourth-order valence-corrected chi connectivity index (χ4v) is 2.48. The number of hydrogen-bond donors (Lipinski definition) is 3. The number of amidine groups is 1. The third kappa shape index (κ3) is 4.64. The van der Waals surface area contributed by atoms with E-state index in [0.29, 0.717) is 12.1 Å². The number of rotatable bonds is 4. The molecule has 146 valence electrons. The number of halogens is 7.